The number of carboxylic acids is 1. The van der Waals surface area contributed by atoms with Crippen molar-refractivity contribution in [1.29, 1.82) is 5.26 Å². The number of nitrogen functional groups attached to an aromatic ring is 1. The lowest BCUT2D eigenvalue weighted by Crippen LogP contribution is -2.03. The van der Waals surface area contributed by atoms with E-state index in [0.29, 0.717) is 0 Å². The lowest BCUT2D eigenvalue weighted by atomic mass is 10.1. The average Bonchev–Trinajstić information content (AvgIpc) is 2.04. The molecule has 0 radical (unpaired) electrons. The first-order valence-corrected chi connectivity index (χ1v) is 3.18. The maximum Gasteiger partial charge on any atom is 0.337 e. The second kappa shape index (κ2) is 2.93. The molecule has 1 aromatic rings. The van der Waals surface area contributed by atoms with Crippen molar-refractivity contribution in [3.05, 3.63) is 29.3 Å². The minimum atomic E-state index is -1.12. The van der Waals surface area contributed by atoms with Crippen molar-refractivity contribution in [2.24, 2.45) is 0 Å². The molecule has 0 aliphatic carbocycles. The number of hydrogen-bond donors (Lipinski definition) is 2. The van der Waals surface area contributed by atoms with E-state index >= 15 is 0 Å². The highest BCUT2D eigenvalue weighted by atomic mass is 16.4. The number of nitrogens with zero attached hydrogens (tertiary/aromatic N) is 1. The molecule has 0 fully saturated rings. The van der Waals surface area contributed by atoms with Gasteiger partial charge in [0.25, 0.3) is 0 Å². The number of nitrogens with two attached hydrogens (primary N) is 1. The summed E-state index contributed by atoms with van der Waals surface area (Å²) in [6, 6.07) is 6.12. The smallest absolute Gasteiger partial charge is 0.337 e. The van der Waals surface area contributed by atoms with Gasteiger partial charge in [0.1, 0.15) is 6.07 Å². The summed E-state index contributed by atoms with van der Waals surface area (Å²) in [4.78, 5) is 10.5. The summed E-state index contributed by atoms with van der Waals surface area (Å²) in [5, 5.41) is 17.1. The van der Waals surface area contributed by atoms with Crippen LogP contribution in [-0.2, 0) is 0 Å². The van der Waals surface area contributed by atoms with Gasteiger partial charge in [-0.3, -0.25) is 0 Å². The molecule has 0 aliphatic heterocycles. The van der Waals surface area contributed by atoms with Gasteiger partial charge in [-0.2, -0.15) is 5.26 Å². The summed E-state index contributed by atoms with van der Waals surface area (Å²) in [6.45, 7) is 0. The van der Waals surface area contributed by atoms with E-state index in [0.717, 1.165) is 0 Å². The molecular formula is C8H6N2O2. The molecule has 0 saturated carbocycles. The molecule has 60 valence electrons. The Bertz CT molecular complexity index is 366. The van der Waals surface area contributed by atoms with Gasteiger partial charge in [-0.15, -0.1) is 0 Å². The van der Waals surface area contributed by atoms with Crippen LogP contribution < -0.4 is 5.73 Å². The van der Waals surface area contributed by atoms with E-state index in [-0.39, 0.29) is 16.8 Å². The Morgan fingerprint density at radius 3 is 2.75 bits per heavy atom. The second-order valence-electron chi connectivity index (χ2n) is 2.18. The van der Waals surface area contributed by atoms with Crippen molar-refractivity contribution in [3.63, 3.8) is 0 Å². The monoisotopic (exact) mass is 162 g/mol. The van der Waals surface area contributed by atoms with Crippen molar-refractivity contribution in [3.8, 4) is 6.07 Å². The molecule has 0 bridgehead atoms. The fourth-order valence-electron chi connectivity index (χ4n) is 0.849. The molecule has 4 nitrogen and oxygen atoms in total. The van der Waals surface area contributed by atoms with E-state index < -0.39 is 5.97 Å². The van der Waals surface area contributed by atoms with Crippen LogP contribution in [0.5, 0.6) is 0 Å². The number of rotatable bonds is 1. The summed E-state index contributed by atoms with van der Waals surface area (Å²) in [7, 11) is 0. The first-order chi connectivity index (χ1) is 5.66. The van der Waals surface area contributed by atoms with Gasteiger partial charge in [0.05, 0.1) is 16.8 Å². The molecule has 0 heterocycles. The summed E-state index contributed by atoms with van der Waals surface area (Å²) in [5.74, 6) is -1.12. The highest BCUT2D eigenvalue weighted by molar-refractivity contribution is 5.94. The van der Waals surface area contributed by atoms with Crippen LogP contribution in [0.15, 0.2) is 18.2 Å². The Balaban J connectivity index is 3.35. The van der Waals surface area contributed by atoms with Gasteiger partial charge in [-0.05, 0) is 12.1 Å². The van der Waals surface area contributed by atoms with E-state index in [2.05, 4.69) is 0 Å². The average molecular weight is 162 g/mol. The molecule has 12 heavy (non-hydrogen) atoms. The van der Waals surface area contributed by atoms with Gasteiger partial charge >= 0.3 is 5.97 Å². The molecule has 1 aromatic carbocycles. The van der Waals surface area contributed by atoms with E-state index in [1.165, 1.54) is 18.2 Å². The Morgan fingerprint density at radius 1 is 1.58 bits per heavy atom. The molecule has 0 amide bonds. The third kappa shape index (κ3) is 1.20. The van der Waals surface area contributed by atoms with Gasteiger partial charge < -0.3 is 10.8 Å². The summed E-state index contributed by atoms with van der Waals surface area (Å²) in [6.07, 6.45) is 0. The van der Waals surface area contributed by atoms with Crippen LogP contribution in [0.1, 0.15) is 15.9 Å². The van der Waals surface area contributed by atoms with E-state index in [9.17, 15) is 4.79 Å². The number of benzene rings is 1. The molecule has 0 aliphatic rings. The predicted molar refractivity (Wildman–Crippen MR) is 42.5 cm³/mol. The molecule has 0 saturated heterocycles. The fraction of sp³-hybridized carbons (Fsp3) is 0. The summed E-state index contributed by atoms with van der Waals surface area (Å²) < 4.78 is 0. The van der Waals surface area contributed by atoms with Crippen LogP contribution in [0.4, 0.5) is 5.69 Å². The minimum absolute atomic E-state index is 0.0208. The lowest BCUT2D eigenvalue weighted by Gasteiger charge is -2.00. The van der Waals surface area contributed by atoms with Crippen LogP contribution in [0.2, 0.25) is 0 Å². The van der Waals surface area contributed by atoms with Crippen molar-refractivity contribution in [1.82, 2.24) is 0 Å². The number of carboxylic acid groups (broad SMARTS) is 1. The van der Waals surface area contributed by atoms with Crippen LogP contribution in [-0.4, -0.2) is 11.1 Å². The summed E-state index contributed by atoms with van der Waals surface area (Å²) in [5.41, 5.74) is 5.57. The zero-order valence-corrected chi connectivity index (χ0v) is 6.11. The van der Waals surface area contributed by atoms with Gasteiger partial charge in [0.15, 0.2) is 0 Å². The standard InChI is InChI=1S/C8H6N2O2/c9-4-5-2-1-3-6(7(5)10)8(11)12/h1-3H,10H2,(H,11,12). The first kappa shape index (κ1) is 8.08. The Hall–Kier alpha value is -2.02. The fourth-order valence-corrected chi connectivity index (χ4v) is 0.849. The highest BCUT2D eigenvalue weighted by Gasteiger charge is 2.09. The van der Waals surface area contributed by atoms with Crippen LogP contribution in [0.3, 0.4) is 0 Å². The number of carbonyl (C=O) groups is 1. The number of aromatic carboxylic acids is 1. The largest absolute Gasteiger partial charge is 0.478 e. The third-order valence-electron chi connectivity index (χ3n) is 1.46. The topological polar surface area (TPSA) is 87.1 Å². The van der Waals surface area contributed by atoms with Gasteiger partial charge in [0.2, 0.25) is 0 Å². The highest BCUT2D eigenvalue weighted by Crippen LogP contribution is 2.15. The van der Waals surface area contributed by atoms with Crippen LogP contribution in [0.25, 0.3) is 0 Å². The van der Waals surface area contributed by atoms with Crippen molar-refractivity contribution in [2.75, 3.05) is 5.73 Å². The molecule has 0 unspecified atom stereocenters. The number of nitriles is 1. The van der Waals surface area contributed by atoms with Gasteiger partial charge in [-0.1, -0.05) is 6.07 Å². The summed E-state index contributed by atoms with van der Waals surface area (Å²) >= 11 is 0. The molecule has 0 aromatic heterocycles. The number of anilines is 1. The van der Waals surface area contributed by atoms with Crippen molar-refractivity contribution >= 4 is 11.7 Å². The van der Waals surface area contributed by atoms with Gasteiger partial charge in [-0.25, -0.2) is 4.79 Å². The van der Waals surface area contributed by atoms with E-state index in [1.807, 2.05) is 0 Å². The van der Waals surface area contributed by atoms with Crippen LogP contribution in [0, 0.1) is 11.3 Å². The van der Waals surface area contributed by atoms with Crippen LogP contribution >= 0.6 is 0 Å². The third-order valence-corrected chi connectivity index (χ3v) is 1.46. The maximum atomic E-state index is 10.5. The molecule has 0 spiro atoms. The van der Waals surface area contributed by atoms with Crippen molar-refractivity contribution < 1.29 is 9.90 Å². The SMILES string of the molecule is N#Cc1cccc(C(=O)O)c1N. The van der Waals surface area contributed by atoms with E-state index in [4.69, 9.17) is 16.1 Å². The lowest BCUT2D eigenvalue weighted by molar-refractivity contribution is 0.0698. The zero-order valence-electron chi connectivity index (χ0n) is 6.11. The molecule has 0 atom stereocenters. The molecule has 1 rings (SSSR count). The predicted octanol–water partition coefficient (Wildman–Crippen LogP) is 0.839. The van der Waals surface area contributed by atoms with Crippen molar-refractivity contribution in [2.45, 2.75) is 0 Å². The van der Waals surface area contributed by atoms with Gasteiger partial charge in [0, 0.05) is 0 Å². The number of para-hydroxylation sites is 1. The zero-order chi connectivity index (χ0) is 9.14. The second-order valence-corrected chi connectivity index (χ2v) is 2.18. The maximum absolute atomic E-state index is 10.5. The minimum Gasteiger partial charge on any atom is -0.478 e. The number of hydrogen-bond acceptors (Lipinski definition) is 3. The Labute approximate surface area is 68.8 Å². The Kier molecular flexibility index (Phi) is 1.97. The quantitative estimate of drug-likeness (QED) is 0.599. The normalized spacial score (nSPS) is 8.92. The first-order valence-electron chi connectivity index (χ1n) is 3.18. The Morgan fingerprint density at radius 2 is 2.25 bits per heavy atom. The molecule has 4 heteroatoms. The molecule has 3 N–H and O–H groups in total. The molecular weight excluding hydrogens is 156 g/mol. The van der Waals surface area contributed by atoms with E-state index in [1.54, 1.807) is 6.07 Å².